The number of aromatic nitrogens is 3. The largest absolute Gasteiger partial charge is 0.396 e. The number of aryl methyl sites for hydroxylation is 2. The van der Waals surface area contributed by atoms with Crippen molar-refractivity contribution in [3.05, 3.63) is 75.9 Å². The molecule has 0 spiro atoms. The van der Waals surface area contributed by atoms with E-state index >= 15 is 0 Å². The molecule has 0 unspecified atom stereocenters. The Morgan fingerprint density at radius 2 is 2.00 bits per heavy atom. The molecule has 3 heterocycles. The van der Waals surface area contributed by atoms with Gasteiger partial charge in [0.1, 0.15) is 5.82 Å². The third kappa shape index (κ3) is 5.02. The van der Waals surface area contributed by atoms with E-state index in [-0.39, 0.29) is 0 Å². The lowest BCUT2D eigenvalue weighted by Gasteiger charge is -2.10. The molecule has 6 heteroatoms. The second-order valence-corrected chi connectivity index (χ2v) is 7.18. The first-order chi connectivity index (χ1) is 12.6. The van der Waals surface area contributed by atoms with Crippen LogP contribution in [-0.2, 0) is 12.8 Å². The van der Waals surface area contributed by atoms with Crippen LogP contribution >= 0.6 is 15.9 Å². The third-order valence-corrected chi connectivity index (χ3v) is 4.57. The molecular formula is C20H22BrN5. The van der Waals surface area contributed by atoms with Crippen molar-refractivity contribution in [1.82, 2.24) is 15.0 Å². The smallest absolute Gasteiger partial charge is 0.149 e. The van der Waals surface area contributed by atoms with Gasteiger partial charge in [-0.1, -0.05) is 6.07 Å². The van der Waals surface area contributed by atoms with Crippen LogP contribution in [0.5, 0.6) is 0 Å². The number of nitrogen functional groups attached to an aromatic ring is 1. The predicted molar refractivity (Wildman–Crippen MR) is 109 cm³/mol. The third-order valence-electron chi connectivity index (χ3n) is 4.14. The van der Waals surface area contributed by atoms with Crippen LogP contribution in [0.1, 0.15) is 28.8 Å². The van der Waals surface area contributed by atoms with E-state index in [9.17, 15) is 0 Å². The fourth-order valence-corrected chi connectivity index (χ4v) is 3.25. The van der Waals surface area contributed by atoms with Gasteiger partial charge in [-0.25, -0.2) is 4.98 Å². The minimum atomic E-state index is 0.671. The Balaban J connectivity index is 1.52. The lowest BCUT2D eigenvalue weighted by Crippen LogP contribution is -2.08. The van der Waals surface area contributed by atoms with Gasteiger partial charge in [-0.2, -0.15) is 0 Å². The molecule has 134 valence electrons. The highest BCUT2D eigenvalue weighted by molar-refractivity contribution is 9.10. The van der Waals surface area contributed by atoms with E-state index in [1.807, 2.05) is 36.8 Å². The lowest BCUT2D eigenvalue weighted by atomic mass is 10.1. The first-order valence-electron chi connectivity index (χ1n) is 8.60. The van der Waals surface area contributed by atoms with E-state index in [2.05, 4.69) is 49.2 Å². The lowest BCUT2D eigenvalue weighted by molar-refractivity contribution is 0.824. The Bertz CT molecular complexity index is 867. The van der Waals surface area contributed by atoms with E-state index < -0.39 is 0 Å². The molecule has 5 nitrogen and oxygen atoms in total. The quantitative estimate of drug-likeness (QED) is 0.570. The number of nitrogens with zero attached hydrogens (tertiary/aromatic N) is 3. The summed E-state index contributed by atoms with van der Waals surface area (Å²) < 4.78 is 1.01. The minimum Gasteiger partial charge on any atom is -0.396 e. The molecule has 0 atom stereocenters. The zero-order chi connectivity index (χ0) is 18.4. The standard InChI is InChI=1S/C20H22BrN5/c1-14-8-17(21)13-25-19(14)5-3-7-24-20-18(22)10-16(12-26-20)9-15-4-2-6-23-11-15/h2,4,6,8,10-13H,3,5,7,9,22H2,1H3,(H,24,26). The van der Waals surface area contributed by atoms with E-state index in [1.165, 1.54) is 5.56 Å². The van der Waals surface area contributed by atoms with Crippen LogP contribution in [0.3, 0.4) is 0 Å². The first kappa shape index (κ1) is 18.3. The molecular weight excluding hydrogens is 390 g/mol. The first-order valence-corrected chi connectivity index (χ1v) is 9.39. The number of nitrogens with two attached hydrogens (primary N) is 1. The molecule has 3 rings (SSSR count). The zero-order valence-electron chi connectivity index (χ0n) is 14.7. The fraction of sp³-hybridized carbons (Fsp3) is 0.250. The highest BCUT2D eigenvalue weighted by Crippen LogP contribution is 2.19. The van der Waals surface area contributed by atoms with E-state index in [4.69, 9.17) is 5.73 Å². The Morgan fingerprint density at radius 1 is 1.12 bits per heavy atom. The fourth-order valence-electron chi connectivity index (χ4n) is 2.80. The van der Waals surface area contributed by atoms with Crippen LogP contribution in [-0.4, -0.2) is 21.5 Å². The van der Waals surface area contributed by atoms with Gasteiger partial charge in [0.05, 0.1) is 5.69 Å². The van der Waals surface area contributed by atoms with Crippen molar-refractivity contribution in [2.45, 2.75) is 26.2 Å². The molecule has 0 saturated heterocycles. The maximum Gasteiger partial charge on any atom is 0.149 e. The molecule has 0 bridgehead atoms. The number of anilines is 2. The van der Waals surface area contributed by atoms with Gasteiger partial charge < -0.3 is 11.1 Å². The van der Waals surface area contributed by atoms with Crippen LogP contribution in [0.25, 0.3) is 0 Å². The van der Waals surface area contributed by atoms with Crippen molar-refractivity contribution in [2.24, 2.45) is 0 Å². The molecule has 0 fully saturated rings. The van der Waals surface area contributed by atoms with Crippen LogP contribution < -0.4 is 11.1 Å². The molecule has 0 aliphatic heterocycles. The number of nitrogens with one attached hydrogen (secondary N) is 1. The Hall–Kier alpha value is -2.47. The molecule has 0 radical (unpaired) electrons. The van der Waals surface area contributed by atoms with Crippen molar-refractivity contribution in [3.8, 4) is 0 Å². The van der Waals surface area contributed by atoms with Gasteiger partial charge in [0.25, 0.3) is 0 Å². The average molecular weight is 412 g/mol. The van der Waals surface area contributed by atoms with Gasteiger partial charge in [-0.05, 0) is 70.6 Å². The zero-order valence-corrected chi connectivity index (χ0v) is 16.3. The molecule has 0 aromatic carbocycles. The molecule has 3 aromatic heterocycles. The molecule has 0 aliphatic carbocycles. The van der Waals surface area contributed by atoms with Crippen molar-refractivity contribution < 1.29 is 0 Å². The van der Waals surface area contributed by atoms with E-state index in [1.54, 1.807) is 6.20 Å². The van der Waals surface area contributed by atoms with Crippen molar-refractivity contribution in [1.29, 1.82) is 0 Å². The van der Waals surface area contributed by atoms with Crippen LogP contribution in [0, 0.1) is 6.92 Å². The minimum absolute atomic E-state index is 0.671. The maximum absolute atomic E-state index is 6.15. The number of hydrogen-bond donors (Lipinski definition) is 2. The topological polar surface area (TPSA) is 76.7 Å². The van der Waals surface area contributed by atoms with Crippen molar-refractivity contribution in [2.75, 3.05) is 17.6 Å². The molecule has 3 N–H and O–H groups in total. The van der Waals surface area contributed by atoms with E-state index in [0.717, 1.165) is 52.9 Å². The van der Waals surface area contributed by atoms with Gasteiger partial charge in [-0.15, -0.1) is 0 Å². The van der Waals surface area contributed by atoms with Gasteiger partial charge in [0.15, 0.2) is 0 Å². The summed E-state index contributed by atoms with van der Waals surface area (Å²) in [5.41, 5.74) is 11.4. The summed E-state index contributed by atoms with van der Waals surface area (Å²) in [5.74, 6) is 0.737. The van der Waals surface area contributed by atoms with Crippen LogP contribution in [0.2, 0.25) is 0 Å². The van der Waals surface area contributed by atoms with Gasteiger partial charge in [0, 0.05) is 47.9 Å². The summed E-state index contributed by atoms with van der Waals surface area (Å²) in [6, 6.07) is 8.05. The molecule has 26 heavy (non-hydrogen) atoms. The molecule has 0 amide bonds. The van der Waals surface area contributed by atoms with Gasteiger partial charge >= 0.3 is 0 Å². The SMILES string of the molecule is Cc1cc(Br)cnc1CCCNc1ncc(Cc2cccnc2)cc1N. The number of halogens is 1. The predicted octanol–water partition coefficient (Wildman–Crippen LogP) is 4.16. The summed E-state index contributed by atoms with van der Waals surface area (Å²) in [7, 11) is 0. The number of rotatable bonds is 7. The van der Waals surface area contributed by atoms with Crippen molar-refractivity contribution in [3.63, 3.8) is 0 Å². The highest BCUT2D eigenvalue weighted by atomic mass is 79.9. The highest BCUT2D eigenvalue weighted by Gasteiger charge is 2.05. The molecule has 3 aromatic rings. The Kier molecular flexibility index (Phi) is 6.17. The normalized spacial score (nSPS) is 10.7. The van der Waals surface area contributed by atoms with Crippen LogP contribution in [0.4, 0.5) is 11.5 Å². The van der Waals surface area contributed by atoms with Gasteiger partial charge in [-0.3, -0.25) is 9.97 Å². The summed E-state index contributed by atoms with van der Waals surface area (Å²) in [4.78, 5) is 13.1. The summed E-state index contributed by atoms with van der Waals surface area (Å²) in [6.07, 6.45) is 10.0. The van der Waals surface area contributed by atoms with Crippen LogP contribution in [0.15, 0.2) is 53.5 Å². The van der Waals surface area contributed by atoms with Crippen molar-refractivity contribution >= 4 is 27.4 Å². The Morgan fingerprint density at radius 3 is 2.73 bits per heavy atom. The number of hydrogen-bond acceptors (Lipinski definition) is 5. The summed E-state index contributed by atoms with van der Waals surface area (Å²) in [5, 5.41) is 3.32. The average Bonchev–Trinajstić information content (AvgIpc) is 2.62. The number of pyridine rings is 3. The second kappa shape index (κ2) is 8.76. The van der Waals surface area contributed by atoms with Gasteiger partial charge in [0.2, 0.25) is 0 Å². The molecule has 0 aliphatic rings. The molecule has 0 saturated carbocycles. The van der Waals surface area contributed by atoms with E-state index in [0.29, 0.717) is 5.69 Å². The maximum atomic E-state index is 6.15. The second-order valence-electron chi connectivity index (χ2n) is 6.27. The Labute approximate surface area is 162 Å². The monoisotopic (exact) mass is 411 g/mol. The summed E-state index contributed by atoms with van der Waals surface area (Å²) in [6.45, 7) is 2.89. The summed E-state index contributed by atoms with van der Waals surface area (Å²) >= 11 is 3.44.